The number of aryl methyl sites for hydroxylation is 1. The molecule has 5 nitrogen and oxygen atoms in total. The SMILES string of the molecule is [CH2-]C1CN([C@@H](C(=O)O)c2ccccc2)C1.[CH2-]CC(C[CH2-])Cc1ccc2c(n1)NCCC2.[Li+]. The Balaban J connectivity index is 0.000000220. The number of hydrogen-bond donors (Lipinski definition) is 2. The van der Waals surface area contributed by atoms with E-state index in [4.69, 9.17) is 0 Å². The number of carboxylic acid groups (broad SMARTS) is 1. The summed E-state index contributed by atoms with van der Waals surface area (Å²) < 4.78 is 0. The van der Waals surface area contributed by atoms with Gasteiger partial charge in [0.15, 0.2) is 0 Å². The molecule has 0 unspecified atom stereocenters. The second-order valence-electron chi connectivity index (χ2n) is 8.46. The molecule has 2 aliphatic heterocycles. The van der Waals surface area contributed by atoms with Gasteiger partial charge in [0.25, 0.3) is 0 Å². The number of aliphatic carboxylic acids is 1. The fourth-order valence-corrected chi connectivity index (χ4v) is 4.09. The third-order valence-electron chi connectivity index (χ3n) is 5.97. The summed E-state index contributed by atoms with van der Waals surface area (Å²) in [5.74, 6) is 1.24. The number of hydrogen-bond acceptors (Lipinski definition) is 4. The zero-order valence-corrected chi connectivity index (χ0v) is 19.3. The number of benzene rings is 1. The Hall–Kier alpha value is -1.80. The number of likely N-dealkylation sites (tertiary alicyclic amines) is 1. The quantitative estimate of drug-likeness (QED) is 0.520. The summed E-state index contributed by atoms with van der Waals surface area (Å²) in [6.07, 6.45) is 5.26. The van der Waals surface area contributed by atoms with Crippen molar-refractivity contribution in [1.29, 1.82) is 0 Å². The molecule has 4 rings (SSSR count). The Labute approximate surface area is 205 Å². The van der Waals surface area contributed by atoms with E-state index in [0.29, 0.717) is 11.8 Å². The zero-order chi connectivity index (χ0) is 22.2. The Morgan fingerprint density at radius 2 is 1.84 bits per heavy atom. The van der Waals surface area contributed by atoms with Crippen LogP contribution in [0.25, 0.3) is 0 Å². The van der Waals surface area contributed by atoms with E-state index in [1.54, 1.807) is 0 Å². The monoisotopic (exact) mass is 427 g/mol. The van der Waals surface area contributed by atoms with Crippen LogP contribution in [0.4, 0.5) is 5.82 Å². The first-order valence-electron chi connectivity index (χ1n) is 11.2. The summed E-state index contributed by atoms with van der Waals surface area (Å²) >= 11 is 0. The van der Waals surface area contributed by atoms with Crippen molar-refractivity contribution in [3.05, 3.63) is 80.1 Å². The predicted octanol–water partition coefficient (Wildman–Crippen LogP) is 1.63. The average molecular weight is 428 g/mol. The third kappa shape index (κ3) is 7.10. The predicted molar refractivity (Wildman–Crippen MR) is 125 cm³/mol. The second kappa shape index (κ2) is 13.0. The molecule has 6 heteroatoms. The van der Waals surface area contributed by atoms with E-state index in [1.807, 2.05) is 35.2 Å². The number of anilines is 1. The molecular formula is C26H34LiN3O2-2. The molecule has 1 aromatic carbocycles. The fourth-order valence-electron chi connectivity index (χ4n) is 4.09. The molecule has 0 radical (unpaired) electrons. The molecular weight excluding hydrogens is 393 g/mol. The van der Waals surface area contributed by atoms with Gasteiger partial charge in [-0.1, -0.05) is 42.3 Å². The molecule has 0 amide bonds. The van der Waals surface area contributed by atoms with Crippen LogP contribution < -0.4 is 24.2 Å². The molecule has 1 aromatic heterocycles. The summed E-state index contributed by atoms with van der Waals surface area (Å²) in [6, 6.07) is 13.2. The Bertz CT molecular complexity index is 836. The summed E-state index contributed by atoms with van der Waals surface area (Å²) in [5.41, 5.74) is 3.37. The molecule has 168 valence electrons. The molecule has 32 heavy (non-hydrogen) atoms. The number of fused-ring (bicyclic) bond motifs is 1. The number of aromatic nitrogens is 1. The van der Waals surface area contributed by atoms with Crippen LogP contribution in [0.15, 0.2) is 42.5 Å². The topological polar surface area (TPSA) is 65.5 Å². The van der Waals surface area contributed by atoms with Crippen molar-refractivity contribution in [3.8, 4) is 0 Å². The van der Waals surface area contributed by atoms with Gasteiger partial charge in [0.05, 0.1) is 0 Å². The number of nitrogens with one attached hydrogen (secondary N) is 1. The molecule has 1 atom stereocenters. The number of carboxylic acids is 1. The third-order valence-corrected chi connectivity index (χ3v) is 5.97. The molecule has 0 saturated carbocycles. The van der Waals surface area contributed by atoms with Gasteiger partial charge in [-0.2, -0.15) is 12.8 Å². The van der Waals surface area contributed by atoms with Crippen LogP contribution in [0.3, 0.4) is 0 Å². The Morgan fingerprint density at radius 1 is 1.16 bits per heavy atom. The minimum atomic E-state index is -0.784. The molecule has 0 spiro atoms. The van der Waals surface area contributed by atoms with E-state index in [9.17, 15) is 9.90 Å². The standard InChI is InChI=1S/C14H20N2.C12H14NO2.Li/c1-3-11(4-2)10-13-8-7-12-6-5-9-15-14(12)16-13;1-9-7-13(8-9)11(12(14)15)10-5-3-2-4-6-10;/h7-8,11H,1-6,9-10H2,(H,15,16);2-6,9,11H,1,7-8H2,(H,14,15);/q-2;-1;+1/t;11-;/m.1./s1. The van der Waals surface area contributed by atoms with Gasteiger partial charge in [-0.05, 0) is 49.5 Å². The molecule has 2 N–H and O–H groups in total. The van der Waals surface area contributed by atoms with Crippen LogP contribution in [-0.4, -0.2) is 40.6 Å². The molecule has 1 fully saturated rings. The van der Waals surface area contributed by atoms with Crippen molar-refractivity contribution in [1.82, 2.24) is 9.88 Å². The molecule has 0 bridgehead atoms. The maximum atomic E-state index is 11.2. The van der Waals surface area contributed by atoms with Crippen molar-refractivity contribution in [3.63, 3.8) is 0 Å². The average Bonchev–Trinajstić information content (AvgIpc) is 2.77. The van der Waals surface area contributed by atoms with Crippen molar-refractivity contribution in [2.75, 3.05) is 25.0 Å². The smallest absolute Gasteiger partial charge is 0.480 e. The van der Waals surface area contributed by atoms with Gasteiger partial charge in [0.1, 0.15) is 11.9 Å². The minimum Gasteiger partial charge on any atom is -0.480 e. The van der Waals surface area contributed by atoms with E-state index in [0.717, 1.165) is 56.7 Å². The van der Waals surface area contributed by atoms with Crippen molar-refractivity contribution >= 4 is 11.8 Å². The van der Waals surface area contributed by atoms with Gasteiger partial charge in [-0.3, -0.25) is 9.69 Å². The summed E-state index contributed by atoms with van der Waals surface area (Å²) in [6.45, 7) is 14.4. The summed E-state index contributed by atoms with van der Waals surface area (Å²) in [4.78, 5) is 17.8. The van der Waals surface area contributed by atoms with Crippen LogP contribution in [0.1, 0.15) is 42.1 Å². The summed E-state index contributed by atoms with van der Waals surface area (Å²) in [5, 5.41) is 12.6. The van der Waals surface area contributed by atoms with Crippen LogP contribution in [0.5, 0.6) is 0 Å². The number of rotatable bonds is 7. The molecule has 3 heterocycles. The van der Waals surface area contributed by atoms with Gasteiger partial charge in [-0.25, -0.2) is 4.98 Å². The van der Waals surface area contributed by atoms with Crippen LogP contribution >= 0.6 is 0 Å². The van der Waals surface area contributed by atoms with Gasteiger partial charge in [0.2, 0.25) is 0 Å². The maximum absolute atomic E-state index is 11.2. The van der Waals surface area contributed by atoms with Crippen LogP contribution in [0, 0.1) is 32.6 Å². The Morgan fingerprint density at radius 3 is 2.44 bits per heavy atom. The molecule has 2 aromatic rings. The molecule has 2 aliphatic rings. The van der Waals surface area contributed by atoms with E-state index in [2.05, 4.69) is 43.2 Å². The van der Waals surface area contributed by atoms with Gasteiger partial charge >= 0.3 is 24.8 Å². The zero-order valence-electron chi connectivity index (χ0n) is 19.3. The summed E-state index contributed by atoms with van der Waals surface area (Å²) in [7, 11) is 0. The number of carbonyl (C=O) groups is 1. The first-order chi connectivity index (χ1) is 15.0. The fraction of sp³-hybridized carbons (Fsp3) is 0.423. The van der Waals surface area contributed by atoms with Crippen molar-refractivity contribution < 1.29 is 28.8 Å². The Kier molecular flexibility index (Phi) is 10.8. The van der Waals surface area contributed by atoms with Crippen molar-refractivity contribution in [2.45, 2.75) is 38.1 Å². The normalized spacial score (nSPS) is 16.5. The largest absolute Gasteiger partial charge is 1.00 e. The van der Waals surface area contributed by atoms with Gasteiger partial charge in [0, 0.05) is 12.2 Å². The molecule has 0 aliphatic carbocycles. The first kappa shape index (κ1) is 26.4. The molecule has 1 saturated heterocycles. The minimum absolute atomic E-state index is 0. The van der Waals surface area contributed by atoms with Gasteiger partial charge < -0.3 is 31.2 Å². The van der Waals surface area contributed by atoms with Crippen LogP contribution in [0.2, 0.25) is 0 Å². The van der Waals surface area contributed by atoms with E-state index >= 15 is 0 Å². The van der Waals surface area contributed by atoms with Crippen LogP contribution in [-0.2, 0) is 17.6 Å². The maximum Gasteiger partial charge on any atom is 1.00 e. The van der Waals surface area contributed by atoms with E-state index < -0.39 is 12.0 Å². The first-order valence-corrected chi connectivity index (χ1v) is 11.2. The number of pyridine rings is 1. The second-order valence-corrected chi connectivity index (χ2v) is 8.46. The van der Waals surface area contributed by atoms with E-state index in [-0.39, 0.29) is 18.9 Å². The number of nitrogens with zero attached hydrogens (tertiary/aromatic N) is 2. The van der Waals surface area contributed by atoms with Gasteiger partial charge in [-0.15, -0.1) is 5.92 Å². The van der Waals surface area contributed by atoms with E-state index in [1.165, 1.54) is 17.7 Å². The van der Waals surface area contributed by atoms with Crippen molar-refractivity contribution in [2.24, 2.45) is 11.8 Å².